The molecule has 0 amide bonds. The van der Waals surface area contributed by atoms with Crippen molar-refractivity contribution < 1.29 is 19.2 Å². The Morgan fingerprint density at radius 3 is 2.63 bits per heavy atom. The van der Waals surface area contributed by atoms with Crippen molar-refractivity contribution >= 4 is 11.7 Å². The Bertz CT molecular complexity index is 472. The maximum absolute atomic E-state index is 11.6. The van der Waals surface area contributed by atoms with Gasteiger partial charge in [-0.05, 0) is 31.9 Å². The highest BCUT2D eigenvalue weighted by Gasteiger charge is 2.24. The number of ether oxygens (including phenoxy) is 2. The lowest BCUT2D eigenvalue weighted by Gasteiger charge is -2.16. The maximum atomic E-state index is 11.6. The van der Waals surface area contributed by atoms with Crippen molar-refractivity contribution in [3.05, 3.63) is 33.9 Å². The van der Waals surface area contributed by atoms with Crippen LogP contribution >= 0.6 is 0 Å². The van der Waals surface area contributed by atoms with Gasteiger partial charge in [-0.15, -0.1) is 0 Å². The van der Waals surface area contributed by atoms with Gasteiger partial charge in [0.05, 0.1) is 11.5 Å². The van der Waals surface area contributed by atoms with E-state index < -0.39 is 17.0 Å². The number of carbonyl (C=O) groups is 1. The van der Waals surface area contributed by atoms with Gasteiger partial charge in [0, 0.05) is 6.07 Å². The summed E-state index contributed by atoms with van der Waals surface area (Å²) in [6.07, 6.45) is -0.453. The quantitative estimate of drug-likeness (QED) is 0.449. The van der Waals surface area contributed by atoms with E-state index in [1.807, 2.05) is 0 Å². The third-order valence-corrected chi connectivity index (χ3v) is 2.50. The summed E-state index contributed by atoms with van der Waals surface area (Å²) in [4.78, 5) is 22.0. The lowest BCUT2D eigenvalue weighted by atomic mass is 10.2. The van der Waals surface area contributed by atoms with Crippen molar-refractivity contribution in [2.45, 2.75) is 33.3 Å². The zero-order valence-corrected chi connectivity index (χ0v) is 11.2. The second kappa shape index (κ2) is 6.72. The molecule has 1 rings (SSSR count). The summed E-state index contributed by atoms with van der Waals surface area (Å²) in [7, 11) is 0. The van der Waals surface area contributed by atoms with Crippen molar-refractivity contribution in [3.63, 3.8) is 0 Å². The van der Waals surface area contributed by atoms with Crippen molar-refractivity contribution in [3.8, 4) is 5.75 Å². The van der Waals surface area contributed by atoms with Crippen LogP contribution in [-0.2, 0) is 9.53 Å². The fourth-order valence-electron chi connectivity index (χ4n) is 1.56. The van der Waals surface area contributed by atoms with Gasteiger partial charge in [0.2, 0.25) is 0 Å². The first-order valence-corrected chi connectivity index (χ1v) is 6.07. The number of rotatable bonds is 6. The molecule has 0 saturated carbocycles. The Morgan fingerprint density at radius 1 is 1.42 bits per heavy atom. The van der Waals surface area contributed by atoms with E-state index in [0.717, 1.165) is 5.56 Å². The number of nitro benzene ring substituents is 1. The number of hydrogen-bond acceptors (Lipinski definition) is 5. The van der Waals surface area contributed by atoms with Crippen LogP contribution in [0.1, 0.15) is 25.8 Å². The average Bonchev–Trinajstić information content (AvgIpc) is 2.37. The van der Waals surface area contributed by atoms with E-state index in [1.165, 1.54) is 12.1 Å². The fourth-order valence-corrected chi connectivity index (χ4v) is 1.56. The highest BCUT2D eigenvalue weighted by atomic mass is 16.6. The average molecular weight is 267 g/mol. The van der Waals surface area contributed by atoms with Gasteiger partial charge in [-0.2, -0.15) is 0 Å². The van der Waals surface area contributed by atoms with Crippen LogP contribution in [0.2, 0.25) is 0 Å². The van der Waals surface area contributed by atoms with Gasteiger partial charge >= 0.3 is 11.7 Å². The minimum Gasteiger partial charge on any atom is -0.472 e. The summed E-state index contributed by atoms with van der Waals surface area (Å²) in [6, 6.07) is 4.60. The van der Waals surface area contributed by atoms with Gasteiger partial charge in [-0.3, -0.25) is 10.1 Å². The van der Waals surface area contributed by atoms with Crippen LogP contribution in [0.25, 0.3) is 0 Å². The summed E-state index contributed by atoms with van der Waals surface area (Å²) in [6.45, 7) is 5.44. The van der Waals surface area contributed by atoms with E-state index in [4.69, 9.17) is 9.47 Å². The van der Waals surface area contributed by atoms with Gasteiger partial charge in [-0.1, -0.05) is 13.0 Å². The Morgan fingerprint density at radius 2 is 2.11 bits per heavy atom. The molecule has 1 aromatic rings. The van der Waals surface area contributed by atoms with Gasteiger partial charge in [0.15, 0.2) is 11.9 Å². The minimum atomic E-state index is -0.832. The van der Waals surface area contributed by atoms with Crippen molar-refractivity contribution in [1.29, 1.82) is 0 Å². The molecule has 1 aromatic carbocycles. The normalized spacial score (nSPS) is 11.7. The molecule has 6 heteroatoms. The number of esters is 1. The van der Waals surface area contributed by atoms with E-state index in [9.17, 15) is 14.9 Å². The first kappa shape index (κ1) is 14.9. The summed E-state index contributed by atoms with van der Waals surface area (Å²) in [5, 5.41) is 10.9. The molecule has 0 aliphatic rings. The van der Waals surface area contributed by atoms with Crippen LogP contribution in [0, 0.1) is 17.0 Å². The number of nitro groups is 1. The van der Waals surface area contributed by atoms with Crippen LogP contribution in [0.15, 0.2) is 18.2 Å². The van der Waals surface area contributed by atoms with Crippen LogP contribution < -0.4 is 4.74 Å². The van der Waals surface area contributed by atoms with Crippen LogP contribution in [0.5, 0.6) is 5.75 Å². The lowest BCUT2D eigenvalue weighted by Crippen LogP contribution is -2.28. The second-order valence-electron chi connectivity index (χ2n) is 4.00. The zero-order valence-electron chi connectivity index (χ0n) is 11.2. The van der Waals surface area contributed by atoms with Crippen LogP contribution in [-0.4, -0.2) is 23.6 Å². The van der Waals surface area contributed by atoms with E-state index in [0.29, 0.717) is 6.42 Å². The summed E-state index contributed by atoms with van der Waals surface area (Å²) < 4.78 is 10.3. The topological polar surface area (TPSA) is 78.7 Å². The Balaban J connectivity index is 2.97. The van der Waals surface area contributed by atoms with Gasteiger partial charge < -0.3 is 9.47 Å². The first-order chi connectivity index (χ1) is 8.99. The lowest BCUT2D eigenvalue weighted by molar-refractivity contribution is -0.386. The van der Waals surface area contributed by atoms with Crippen molar-refractivity contribution in [2.24, 2.45) is 0 Å². The summed E-state index contributed by atoms with van der Waals surface area (Å²) >= 11 is 0. The third kappa shape index (κ3) is 3.94. The molecule has 0 aliphatic heterocycles. The molecule has 0 bridgehead atoms. The Labute approximate surface area is 111 Å². The number of benzene rings is 1. The van der Waals surface area contributed by atoms with E-state index in [2.05, 4.69) is 0 Å². The molecule has 0 saturated heterocycles. The van der Waals surface area contributed by atoms with Gasteiger partial charge in [0.25, 0.3) is 0 Å². The van der Waals surface area contributed by atoms with Crippen molar-refractivity contribution in [1.82, 2.24) is 0 Å². The van der Waals surface area contributed by atoms with E-state index in [1.54, 1.807) is 26.8 Å². The van der Waals surface area contributed by atoms with E-state index >= 15 is 0 Å². The predicted molar refractivity (Wildman–Crippen MR) is 69.2 cm³/mol. The molecule has 0 fully saturated rings. The van der Waals surface area contributed by atoms with Crippen molar-refractivity contribution in [2.75, 3.05) is 6.61 Å². The second-order valence-corrected chi connectivity index (χ2v) is 4.00. The number of carbonyl (C=O) groups excluding carboxylic acids is 1. The molecule has 6 nitrogen and oxygen atoms in total. The molecule has 19 heavy (non-hydrogen) atoms. The Kier molecular flexibility index (Phi) is 5.29. The van der Waals surface area contributed by atoms with Crippen LogP contribution in [0.4, 0.5) is 5.69 Å². The molecule has 1 atom stereocenters. The summed E-state index contributed by atoms with van der Waals surface area (Å²) in [5.41, 5.74) is 0.603. The fraction of sp³-hybridized carbons (Fsp3) is 0.462. The molecular weight excluding hydrogens is 250 g/mol. The molecule has 0 aromatic heterocycles. The largest absolute Gasteiger partial charge is 0.472 e. The smallest absolute Gasteiger partial charge is 0.347 e. The van der Waals surface area contributed by atoms with Gasteiger partial charge in [0.1, 0.15) is 0 Å². The molecule has 0 heterocycles. The first-order valence-electron chi connectivity index (χ1n) is 6.07. The van der Waals surface area contributed by atoms with E-state index in [-0.39, 0.29) is 18.0 Å². The van der Waals surface area contributed by atoms with Gasteiger partial charge in [-0.25, -0.2) is 4.79 Å². The highest BCUT2D eigenvalue weighted by Crippen LogP contribution is 2.29. The highest BCUT2D eigenvalue weighted by molar-refractivity contribution is 5.75. The predicted octanol–water partition coefficient (Wildman–Crippen LogP) is 2.62. The molecule has 0 spiro atoms. The molecule has 0 aliphatic carbocycles. The molecule has 0 unspecified atom stereocenters. The SMILES string of the molecule is CCOC(=O)[C@H](CC)Oc1ccc(C)cc1[N+](=O)[O-]. The molecule has 0 N–H and O–H groups in total. The zero-order chi connectivity index (χ0) is 14.4. The standard InChI is InChI=1S/C13H17NO5/c1-4-11(13(15)18-5-2)19-12-7-6-9(3)8-10(12)14(16)17/h6-8,11H,4-5H2,1-3H3/t11-/m0/s1. The number of nitrogens with zero attached hydrogens (tertiary/aromatic N) is 1. The third-order valence-electron chi connectivity index (χ3n) is 2.50. The van der Waals surface area contributed by atoms with Crippen LogP contribution in [0.3, 0.4) is 0 Å². The molecule has 104 valence electrons. The monoisotopic (exact) mass is 267 g/mol. The number of aryl methyl sites for hydroxylation is 1. The maximum Gasteiger partial charge on any atom is 0.347 e. The molecular formula is C13H17NO5. The minimum absolute atomic E-state index is 0.0792. The Hall–Kier alpha value is -2.11. The number of hydrogen-bond donors (Lipinski definition) is 0. The summed E-state index contributed by atoms with van der Waals surface area (Å²) in [5.74, 6) is -0.435. The molecule has 0 radical (unpaired) electrons.